The summed E-state index contributed by atoms with van der Waals surface area (Å²) in [6.07, 6.45) is 1.90. The summed E-state index contributed by atoms with van der Waals surface area (Å²) in [6, 6.07) is 7.29. The third-order valence-corrected chi connectivity index (χ3v) is 2.61. The number of ether oxygens (including phenoxy) is 1. The third-order valence-electron chi connectivity index (χ3n) is 2.31. The predicted octanol–water partition coefficient (Wildman–Crippen LogP) is 2.69. The van der Waals surface area contributed by atoms with Crippen LogP contribution in [0.3, 0.4) is 0 Å². The van der Waals surface area contributed by atoms with Crippen molar-refractivity contribution in [3.05, 3.63) is 41.3 Å². The van der Waals surface area contributed by atoms with Crippen LogP contribution in [-0.2, 0) is 0 Å². The maximum absolute atomic E-state index is 11.0. The third kappa shape index (κ3) is 2.41. The van der Waals surface area contributed by atoms with Crippen LogP contribution in [0.25, 0.3) is 0 Å². The van der Waals surface area contributed by atoms with E-state index in [9.17, 15) is 4.79 Å². The van der Waals surface area contributed by atoms with E-state index in [0.717, 1.165) is 0 Å². The molecule has 0 aliphatic rings. The van der Waals surface area contributed by atoms with E-state index in [1.54, 1.807) is 13.2 Å². The van der Waals surface area contributed by atoms with E-state index in [4.69, 9.17) is 16.3 Å². The quantitative estimate of drug-likeness (QED) is 0.679. The zero-order chi connectivity index (χ0) is 13.0. The highest BCUT2D eigenvalue weighted by molar-refractivity contribution is 6.32. The van der Waals surface area contributed by atoms with Gasteiger partial charge in [0.2, 0.25) is 0 Å². The van der Waals surface area contributed by atoms with E-state index in [-0.39, 0.29) is 10.7 Å². The molecular weight excluding hydrogens is 254 g/mol. The monoisotopic (exact) mass is 263 g/mol. The van der Waals surface area contributed by atoms with Crippen LogP contribution in [0.1, 0.15) is 10.4 Å². The Balaban J connectivity index is 2.40. The molecule has 0 spiro atoms. The van der Waals surface area contributed by atoms with Crippen molar-refractivity contribution in [2.45, 2.75) is 0 Å². The van der Waals surface area contributed by atoms with E-state index in [0.29, 0.717) is 23.5 Å². The molecule has 1 aromatic heterocycles. The number of para-hydroxylation sites is 2. The Morgan fingerprint density at radius 1 is 1.33 bits per heavy atom. The number of rotatable bonds is 4. The standard InChI is InChI=1S/C12H10ClN3O2/c1-18-10-5-3-2-4-9(10)16-12-8(6-17)11(13)14-7-15-12/h2-7H,1H3,(H,14,15,16). The predicted molar refractivity (Wildman–Crippen MR) is 68.7 cm³/mol. The average Bonchev–Trinajstić information content (AvgIpc) is 2.40. The molecule has 1 heterocycles. The fraction of sp³-hybridized carbons (Fsp3) is 0.0833. The highest BCUT2D eigenvalue weighted by atomic mass is 35.5. The lowest BCUT2D eigenvalue weighted by Crippen LogP contribution is -2.01. The molecule has 0 aliphatic heterocycles. The minimum Gasteiger partial charge on any atom is -0.495 e. The second-order valence-corrected chi connectivity index (χ2v) is 3.73. The Hall–Kier alpha value is -2.14. The first-order valence-electron chi connectivity index (χ1n) is 5.12. The Bertz CT molecular complexity index is 575. The van der Waals surface area contributed by atoms with Gasteiger partial charge in [0.25, 0.3) is 0 Å². The molecule has 2 rings (SSSR count). The van der Waals surface area contributed by atoms with Gasteiger partial charge in [-0.3, -0.25) is 4.79 Å². The molecule has 18 heavy (non-hydrogen) atoms. The lowest BCUT2D eigenvalue weighted by molar-refractivity contribution is 0.112. The van der Waals surface area contributed by atoms with Crippen molar-refractivity contribution in [2.24, 2.45) is 0 Å². The number of nitrogens with zero attached hydrogens (tertiary/aromatic N) is 2. The van der Waals surface area contributed by atoms with Crippen LogP contribution in [0.2, 0.25) is 5.15 Å². The molecule has 0 aliphatic carbocycles. The lowest BCUT2D eigenvalue weighted by Gasteiger charge is -2.11. The molecule has 0 saturated heterocycles. The molecule has 0 radical (unpaired) electrons. The number of methoxy groups -OCH3 is 1. The highest BCUT2D eigenvalue weighted by Crippen LogP contribution is 2.28. The van der Waals surface area contributed by atoms with Crippen molar-refractivity contribution in [1.29, 1.82) is 0 Å². The summed E-state index contributed by atoms with van der Waals surface area (Å²) >= 11 is 5.82. The van der Waals surface area contributed by atoms with E-state index in [1.165, 1.54) is 6.33 Å². The zero-order valence-corrected chi connectivity index (χ0v) is 10.3. The van der Waals surface area contributed by atoms with E-state index >= 15 is 0 Å². The average molecular weight is 264 g/mol. The molecular formula is C12H10ClN3O2. The number of nitrogens with one attached hydrogen (secondary N) is 1. The van der Waals surface area contributed by atoms with Gasteiger partial charge in [-0.15, -0.1) is 0 Å². The van der Waals surface area contributed by atoms with Crippen molar-refractivity contribution in [1.82, 2.24) is 9.97 Å². The van der Waals surface area contributed by atoms with Gasteiger partial charge in [-0.05, 0) is 12.1 Å². The van der Waals surface area contributed by atoms with Crippen LogP contribution in [0.15, 0.2) is 30.6 Å². The molecule has 0 atom stereocenters. The lowest BCUT2D eigenvalue weighted by atomic mass is 10.2. The number of halogens is 1. The van der Waals surface area contributed by atoms with Crippen LogP contribution >= 0.6 is 11.6 Å². The fourth-order valence-corrected chi connectivity index (χ4v) is 1.63. The van der Waals surface area contributed by atoms with E-state index in [1.807, 2.05) is 18.2 Å². The zero-order valence-electron chi connectivity index (χ0n) is 9.55. The Labute approximate surface area is 109 Å². The van der Waals surface area contributed by atoms with Crippen LogP contribution in [0.5, 0.6) is 5.75 Å². The first kappa shape index (κ1) is 12.3. The largest absolute Gasteiger partial charge is 0.495 e. The number of aromatic nitrogens is 2. The van der Waals surface area contributed by atoms with Crippen molar-refractivity contribution < 1.29 is 9.53 Å². The summed E-state index contributed by atoms with van der Waals surface area (Å²) in [4.78, 5) is 18.7. The van der Waals surface area contributed by atoms with Crippen LogP contribution in [-0.4, -0.2) is 23.4 Å². The molecule has 0 unspecified atom stereocenters. The Kier molecular flexibility index (Phi) is 3.74. The van der Waals surface area contributed by atoms with Crippen molar-refractivity contribution in [3.63, 3.8) is 0 Å². The van der Waals surface area contributed by atoms with E-state index in [2.05, 4.69) is 15.3 Å². The summed E-state index contributed by atoms with van der Waals surface area (Å²) in [7, 11) is 1.56. The maximum Gasteiger partial charge on any atom is 0.156 e. The number of benzene rings is 1. The molecule has 2 aromatic rings. The van der Waals surface area contributed by atoms with Gasteiger partial charge < -0.3 is 10.1 Å². The highest BCUT2D eigenvalue weighted by Gasteiger charge is 2.10. The second kappa shape index (κ2) is 5.46. The van der Waals surface area contributed by atoms with Crippen molar-refractivity contribution in [2.75, 3.05) is 12.4 Å². The van der Waals surface area contributed by atoms with Crippen LogP contribution < -0.4 is 10.1 Å². The van der Waals surface area contributed by atoms with Crippen molar-refractivity contribution in [3.8, 4) is 5.75 Å². The summed E-state index contributed by atoms with van der Waals surface area (Å²) in [5, 5.41) is 3.10. The number of hydrogen-bond donors (Lipinski definition) is 1. The molecule has 1 N–H and O–H groups in total. The van der Waals surface area contributed by atoms with Crippen molar-refractivity contribution >= 4 is 29.4 Å². The van der Waals surface area contributed by atoms with Gasteiger partial charge in [0.15, 0.2) is 6.29 Å². The molecule has 0 bridgehead atoms. The van der Waals surface area contributed by atoms with E-state index < -0.39 is 0 Å². The minimum absolute atomic E-state index is 0.109. The first-order valence-corrected chi connectivity index (χ1v) is 5.49. The topological polar surface area (TPSA) is 64.1 Å². The fourth-order valence-electron chi connectivity index (χ4n) is 1.45. The summed E-state index contributed by atoms with van der Waals surface area (Å²) in [5.41, 5.74) is 0.905. The van der Waals surface area contributed by atoms with Crippen LogP contribution in [0.4, 0.5) is 11.5 Å². The van der Waals surface area contributed by atoms with Gasteiger partial charge in [0.05, 0.1) is 18.4 Å². The number of carbonyl (C=O) groups is 1. The van der Waals surface area contributed by atoms with Gasteiger partial charge in [0, 0.05) is 0 Å². The van der Waals surface area contributed by atoms with Gasteiger partial charge in [0.1, 0.15) is 23.0 Å². The molecule has 5 nitrogen and oxygen atoms in total. The minimum atomic E-state index is 0.109. The number of carbonyl (C=O) groups excluding carboxylic acids is 1. The summed E-state index contributed by atoms with van der Waals surface area (Å²) in [6.45, 7) is 0. The number of anilines is 2. The van der Waals surface area contributed by atoms with Crippen LogP contribution in [0, 0.1) is 0 Å². The number of aldehydes is 1. The SMILES string of the molecule is COc1ccccc1Nc1ncnc(Cl)c1C=O. The Morgan fingerprint density at radius 2 is 2.11 bits per heavy atom. The molecule has 0 fully saturated rings. The van der Waals surface area contributed by atoms with Gasteiger partial charge >= 0.3 is 0 Å². The normalized spacial score (nSPS) is 9.89. The summed E-state index contributed by atoms with van der Waals surface area (Å²) in [5.74, 6) is 0.985. The van der Waals surface area contributed by atoms with Gasteiger partial charge in [-0.2, -0.15) is 0 Å². The molecule has 6 heteroatoms. The Morgan fingerprint density at radius 3 is 2.83 bits per heavy atom. The van der Waals surface area contributed by atoms with Gasteiger partial charge in [-0.25, -0.2) is 9.97 Å². The molecule has 1 aromatic carbocycles. The van der Waals surface area contributed by atoms with Gasteiger partial charge in [-0.1, -0.05) is 23.7 Å². The summed E-state index contributed by atoms with van der Waals surface area (Å²) < 4.78 is 5.19. The molecule has 0 amide bonds. The second-order valence-electron chi connectivity index (χ2n) is 3.37. The molecule has 0 saturated carbocycles. The number of hydrogen-bond acceptors (Lipinski definition) is 5. The molecule has 92 valence electrons. The first-order chi connectivity index (χ1) is 8.76. The smallest absolute Gasteiger partial charge is 0.156 e. The maximum atomic E-state index is 11.0.